The van der Waals surface area contributed by atoms with E-state index in [2.05, 4.69) is 0 Å². The maximum atomic E-state index is 13.0. The molecule has 1 aromatic carbocycles. The number of hydrogen-bond acceptors (Lipinski definition) is 8. The Morgan fingerprint density at radius 1 is 1.13 bits per heavy atom. The van der Waals surface area contributed by atoms with E-state index in [1.165, 1.54) is 4.90 Å². The molecule has 0 saturated carbocycles. The van der Waals surface area contributed by atoms with Crippen LogP contribution >= 0.6 is 0 Å². The van der Waals surface area contributed by atoms with Gasteiger partial charge in [-0.2, -0.15) is 8.42 Å². The summed E-state index contributed by atoms with van der Waals surface area (Å²) in [7, 11) is -2.77. The Hall–Kier alpha value is -2.46. The van der Waals surface area contributed by atoms with Gasteiger partial charge in [-0.25, -0.2) is 4.79 Å². The molecule has 0 spiro atoms. The van der Waals surface area contributed by atoms with Crippen molar-refractivity contribution in [3.05, 3.63) is 35.9 Å². The smallest absolute Gasteiger partial charge is 0.329 e. The van der Waals surface area contributed by atoms with E-state index in [0.717, 1.165) is 13.4 Å². The van der Waals surface area contributed by atoms with Crippen LogP contribution in [0.25, 0.3) is 0 Å². The predicted octanol–water partition coefficient (Wildman–Crippen LogP) is 1.38. The lowest BCUT2D eigenvalue weighted by molar-refractivity contribution is -0.157. The van der Waals surface area contributed by atoms with Crippen molar-refractivity contribution < 1.29 is 36.5 Å². The van der Waals surface area contributed by atoms with Gasteiger partial charge in [0.25, 0.3) is 16.0 Å². The number of benzene rings is 1. The van der Waals surface area contributed by atoms with E-state index >= 15 is 0 Å². The van der Waals surface area contributed by atoms with E-state index in [-0.39, 0.29) is 13.0 Å². The number of carbonyl (C=O) groups is 3. The monoisotopic (exact) mass is 441 g/mol. The Labute approximate surface area is 176 Å². The summed E-state index contributed by atoms with van der Waals surface area (Å²) < 4.78 is 38.9. The third-order valence-electron chi connectivity index (χ3n) is 4.44. The van der Waals surface area contributed by atoms with Crippen LogP contribution in [0.2, 0.25) is 0 Å². The van der Waals surface area contributed by atoms with Crippen molar-refractivity contribution in [2.45, 2.75) is 44.9 Å². The lowest BCUT2D eigenvalue weighted by atomic mass is 9.94. The van der Waals surface area contributed by atoms with Gasteiger partial charge in [-0.15, -0.1) is 0 Å². The standard InChI is InChI=1S/C20H27NO8S/c1-20(2,3)28-16(22)11-14-15(29-30(5,25)26)12-21(17(14)19(24)27-4)18(23)13-9-7-6-8-10-13/h6-10,14-15,17H,11-12H2,1-5H3/t14-,15+,17-/m0/s1. The second-order valence-electron chi connectivity index (χ2n) is 8.08. The molecule has 0 aliphatic carbocycles. The molecule has 1 fully saturated rings. The average Bonchev–Trinajstić information content (AvgIpc) is 2.95. The molecule has 0 unspecified atom stereocenters. The quantitative estimate of drug-likeness (QED) is 0.480. The number of rotatable bonds is 6. The molecule has 1 amide bonds. The maximum absolute atomic E-state index is 13.0. The van der Waals surface area contributed by atoms with E-state index in [0.29, 0.717) is 5.56 Å². The molecule has 10 heteroatoms. The fraction of sp³-hybridized carbons (Fsp3) is 0.550. The number of ether oxygens (including phenoxy) is 2. The lowest BCUT2D eigenvalue weighted by Gasteiger charge is -2.27. The molecule has 30 heavy (non-hydrogen) atoms. The zero-order valence-electron chi connectivity index (χ0n) is 17.7. The summed E-state index contributed by atoms with van der Waals surface area (Å²) in [5.41, 5.74) is -0.467. The Bertz CT molecular complexity index is 891. The van der Waals surface area contributed by atoms with Gasteiger partial charge in [0.2, 0.25) is 0 Å². The Kier molecular flexibility index (Phi) is 7.25. The van der Waals surface area contributed by atoms with Gasteiger partial charge in [-0.3, -0.25) is 13.8 Å². The number of amides is 1. The van der Waals surface area contributed by atoms with Crippen molar-refractivity contribution in [1.29, 1.82) is 0 Å². The number of carbonyl (C=O) groups excluding carboxylic acids is 3. The number of esters is 2. The minimum absolute atomic E-state index is 0.200. The molecule has 2 rings (SSSR count). The molecule has 0 radical (unpaired) electrons. The molecule has 3 atom stereocenters. The highest BCUT2D eigenvalue weighted by Crippen LogP contribution is 2.33. The summed E-state index contributed by atoms with van der Waals surface area (Å²) in [6.45, 7) is 4.86. The molecule has 1 saturated heterocycles. The molecule has 0 N–H and O–H groups in total. The van der Waals surface area contributed by atoms with Gasteiger partial charge in [-0.1, -0.05) is 18.2 Å². The Balaban J connectivity index is 2.42. The molecule has 1 aliphatic heterocycles. The van der Waals surface area contributed by atoms with Gasteiger partial charge >= 0.3 is 11.9 Å². The average molecular weight is 442 g/mol. The first kappa shape index (κ1) is 23.8. The first-order valence-electron chi connectivity index (χ1n) is 9.36. The highest BCUT2D eigenvalue weighted by atomic mass is 32.2. The van der Waals surface area contributed by atoms with Crippen LogP contribution in [0.3, 0.4) is 0 Å². The predicted molar refractivity (Wildman–Crippen MR) is 107 cm³/mol. The molecule has 9 nitrogen and oxygen atoms in total. The van der Waals surface area contributed by atoms with Gasteiger partial charge in [0.05, 0.1) is 19.8 Å². The zero-order valence-corrected chi connectivity index (χ0v) is 18.5. The van der Waals surface area contributed by atoms with Crippen LogP contribution in [0.15, 0.2) is 30.3 Å². The van der Waals surface area contributed by atoms with Crippen molar-refractivity contribution in [1.82, 2.24) is 4.90 Å². The van der Waals surface area contributed by atoms with Gasteiger partial charge < -0.3 is 14.4 Å². The van der Waals surface area contributed by atoms with Crippen molar-refractivity contribution in [2.24, 2.45) is 5.92 Å². The molecule has 0 bridgehead atoms. The van der Waals surface area contributed by atoms with E-state index in [1.54, 1.807) is 51.1 Å². The van der Waals surface area contributed by atoms with Crippen LogP contribution in [-0.2, 0) is 33.4 Å². The fourth-order valence-corrected chi connectivity index (χ4v) is 4.05. The molecule has 1 aliphatic rings. The SMILES string of the molecule is COC(=O)[C@@H]1[C@@H](CC(=O)OC(C)(C)C)[C@H](OS(C)(=O)=O)CN1C(=O)c1ccccc1. The molecular formula is C20H27NO8S. The summed E-state index contributed by atoms with van der Waals surface area (Å²) in [5.74, 6) is -2.88. The zero-order chi connectivity index (χ0) is 22.7. The van der Waals surface area contributed by atoms with Gasteiger partial charge in [0, 0.05) is 18.0 Å². The molecular weight excluding hydrogens is 414 g/mol. The number of hydrogen-bond donors (Lipinski definition) is 0. The van der Waals surface area contributed by atoms with Crippen LogP contribution < -0.4 is 0 Å². The highest BCUT2D eigenvalue weighted by molar-refractivity contribution is 7.86. The normalized spacial score (nSPS) is 21.9. The van der Waals surface area contributed by atoms with Crippen molar-refractivity contribution in [3.63, 3.8) is 0 Å². The largest absolute Gasteiger partial charge is 0.467 e. The third kappa shape index (κ3) is 6.27. The summed E-state index contributed by atoms with van der Waals surface area (Å²) in [6.07, 6.45) is -0.563. The van der Waals surface area contributed by atoms with E-state index in [9.17, 15) is 22.8 Å². The van der Waals surface area contributed by atoms with Crippen LogP contribution in [0, 0.1) is 5.92 Å². The Morgan fingerprint density at radius 3 is 2.23 bits per heavy atom. The van der Waals surface area contributed by atoms with E-state index < -0.39 is 51.6 Å². The van der Waals surface area contributed by atoms with Crippen LogP contribution in [-0.4, -0.2) is 68.8 Å². The second-order valence-corrected chi connectivity index (χ2v) is 9.69. The Morgan fingerprint density at radius 2 is 1.73 bits per heavy atom. The molecule has 0 aromatic heterocycles. The van der Waals surface area contributed by atoms with Gasteiger partial charge in [0.1, 0.15) is 17.7 Å². The number of likely N-dealkylation sites (tertiary alicyclic amines) is 1. The van der Waals surface area contributed by atoms with Crippen molar-refractivity contribution >= 4 is 28.0 Å². The van der Waals surface area contributed by atoms with Gasteiger partial charge in [-0.05, 0) is 32.9 Å². The summed E-state index contributed by atoms with van der Waals surface area (Å²) >= 11 is 0. The second kappa shape index (κ2) is 9.13. The first-order chi connectivity index (χ1) is 13.8. The lowest BCUT2D eigenvalue weighted by Crippen LogP contribution is -2.44. The van der Waals surface area contributed by atoms with E-state index in [4.69, 9.17) is 13.7 Å². The summed E-state index contributed by atoms with van der Waals surface area (Å²) in [6, 6.07) is 7.01. The topological polar surface area (TPSA) is 116 Å². The minimum Gasteiger partial charge on any atom is -0.467 e. The summed E-state index contributed by atoms with van der Waals surface area (Å²) in [5, 5.41) is 0. The van der Waals surface area contributed by atoms with Crippen LogP contribution in [0.1, 0.15) is 37.6 Å². The van der Waals surface area contributed by atoms with E-state index in [1.807, 2.05) is 0 Å². The maximum Gasteiger partial charge on any atom is 0.329 e. The first-order valence-corrected chi connectivity index (χ1v) is 11.2. The number of nitrogens with zero attached hydrogens (tertiary/aromatic N) is 1. The third-order valence-corrected chi connectivity index (χ3v) is 5.04. The fourth-order valence-electron chi connectivity index (χ4n) is 3.40. The molecule has 1 heterocycles. The van der Waals surface area contributed by atoms with Crippen molar-refractivity contribution in [2.75, 3.05) is 19.9 Å². The van der Waals surface area contributed by atoms with Crippen LogP contribution in [0.5, 0.6) is 0 Å². The van der Waals surface area contributed by atoms with Crippen LogP contribution in [0.4, 0.5) is 0 Å². The van der Waals surface area contributed by atoms with Crippen molar-refractivity contribution in [3.8, 4) is 0 Å². The van der Waals surface area contributed by atoms with Gasteiger partial charge in [0.15, 0.2) is 0 Å². The molecule has 1 aromatic rings. The summed E-state index contributed by atoms with van der Waals surface area (Å²) in [4.78, 5) is 39.3. The number of methoxy groups -OCH3 is 1. The minimum atomic E-state index is -3.92. The highest BCUT2D eigenvalue weighted by Gasteiger charge is 2.51. The molecule has 166 valence electrons.